The molecule has 20 heavy (non-hydrogen) atoms. The molecule has 0 aliphatic heterocycles. The van der Waals surface area contributed by atoms with Crippen LogP contribution in [0, 0.1) is 3.57 Å². The number of rotatable bonds is 5. The Balaban J connectivity index is 2.01. The molecule has 0 fully saturated rings. The summed E-state index contributed by atoms with van der Waals surface area (Å²) in [5.41, 5.74) is 1.89. The maximum Gasteiger partial charge on any atom is 0.328 e. The maximum atomic E-state index is 10.5. The first-order chi connectivity index (χ1) is 9.63. The van der Waals surface area contributed by atoms with Gasteiger partial charge in [-0.15, -0.1) is 0 Å². The Hall–Kier alpha value is -1.82. The van der Waals surface area contributed by atoms with Gasteiger partial charge < -0.3 is 9.84 Å². The van der Waals surface area contributed by atoms with Crippen LogP contribution in [0.4, 0.5) is 0 Å². The lowest BCUT2D eigenvalue weighted by Gasteiger charge is -2.07. The second-order valence-corrected chi connectivity index (χ2v) is 5.40. The minimum atomic E-state index is -0.963. The van der Waals surface area contributed by atoms with E-state index in [1.165, 1.54) is 3.57 Å². The van der Waals surface area contributed by atoms with Gasteiger partial charge in [-0.1, -0.05) is 24.3 Å². The summed E-state index contributed by atoms with van der Waals surface area (Å²) in [5.74, 6) is -0.244. The summed E-state index contributed by atoms with van der Waals surface area (Å²) in [5, 5.41) is 8.60. The zero-order chi connectivity index (χ0) is 14.4. The fourth-order valence-electron chi connectivity index (χ4n) is 1.62. The smallest absolute Gasteiger partial charge is 0.328 e. The predicted octanol–water partition coefficient (Wildman–Crippen LogP) is 3.97. The van der Waals surface area contributed by atoms with Crippen LogP contribution in [0.3, 0.4) is 0 Å². The molecular formula is C16H13IO3. The molecule has 0 radical (unpaired) electrons. The summed E-state index contributed by atoms with van der Waals surface area (Å²) in [4.78, 5) is 10.5. The van der Waals surface area contributed by atoms with Crippen molar-refractivity contribution >= 4 is 34.6 Å². The lowest BCUT2D eigenvalue weighted by atomic mass is 10.2. The van der Waals surface area contributed by atoms with Crippen molar-refractivity contribution in [2.75, 3.05) is 0 Å². The number of aliphatic carboxylic acids is 1. The van der Waals surface area contributed by atoms with Crippen molar-refractivity contribution in [3.05, 3.63) is 69.3 Å². The number of hydrogen-bond acceptors (Lipinski definition) is 2. The molecule has 4 heteroatoms. The van der Waals surface area contributed by atoms with Crippen LogP contribution in [0.2, 0.25) is 0 Å². The van der Waals surface area contributed by atoms with E-state index in [0.717, 1.165) is 23.0 Å². The highest BCUT2D eigenvalue weighted by Gasteiger charge is 1.98. The highest BCUT2D eigenvalue weighted by molar-refractivity contribution is 14.1. The van der Waals surface area contributed by atoms with Gasteiger partial charge in [-0.3, -0.25) is 0 Å². The van der Waals surface area contributed by atoms with Crippen LogP contribution in [0.15, 0.2) is 54.6 Å². The SMILES string of the molecule is O=C(O)C=Cc1cccc(OCc2ccc(I)cc2)c1. The molecule has 102 valence electrons. The van der Waals surface area contributed by atoms with Gasteiger partial charge in [0, 0.05) is 9.65 Å². The van der Waals surface area contributed by atoms with Gasteiger partial charge in [-0.25, -0.2) is 4.79 Å². The third-order valence-corrected chi connectivity index (χ3v) is 3.31. The lowest BCUT2D eigenvalue weighted by molar-refractivity contribution is -0.131. The Morgan fingerprint density at radius 2 is 1.95 bits per heavy atom. The zero-order valence-electron chi connectivity index (χ0n) is 10.6. The summed E-state index contributed by atoms with van der Waals surface area (Å²) < 4.78 is 6.88. The van der Waals surface area contributed by atoms with Gasteiger partial charge >= 0.3 is 5.97 Å². The molecule has 0 unspecified atom stereocenters. The summed E-state index contributed by atoms with van der Waals surface area (Å²) in [6.07, 6.45) is 2.65. The Labute approximate surface area is 131 Å². The van der Waals surface area contributed by atoms with Crippen molar-refractivity contribution in [2.45, 2.75) is 6.61 Å². The number of carboxylic acid groups (broad SMARTS) is 1. The Bertz CT molecular complexity index is 618. The van der Waals surface area contributed by atoms with E-state index in [1.807, 2.05) is 48.5 Å². The van der Waals surface area contributed by atoms with Crippen molar-refractivity contribution in [3.63, 3.8) is 0 Å². The minimum Gasteiger partial charge on any atom is -0.489 e. The summed E-state index contributed by atoms with van der Waals surface area (Å²) in [6, 6.07) is 15.4. The molecule has 0 aromatic heterocycles. The largest absolute Gasteiger partial charge is 0.489 e. The van der Waals surface area contributed by atoms with E-state index in [1.54, 1.807) is 6.08 Å². The number of carboxylic acids is 1. The van der Waals surface area contributed by atoms with Gasteiger partial charge in [-0.05, 0) is 64.1 Å². The van der Waals surface area contributed by atoms with Gasteiger partial charge in [0.2, 0.25) is 0 Å². The Morgan fingerprint density at radius 1 is 1.20 bits per heavy atom. The van der Waals surface area contributed by atoms with Crippen LogP contribution in [0.25, 0.3) is 6.08 Å². The molecule has 2 aromatic rings. The Kier molecular flexibility index (Phi) is 5.17. The molecule has 3 nitrogen and oxygen atoms in total. The van der Waals surface area contributed by atoms with Crippen LogP contribution in [0.1, 0.15) is 11.1 Å². The first kappa shape index (κ1) is 14.6. The topological polar surface area (TPSA) is 46.5 Å². The molecule has 0 bridgehead atoms. The second-order valence-electron chi connectivity index (χ2n) is 4.16. The molecule has 0 heterocycles. The number of hydrogen-bond donors (Lipinski definition) is 1. The lowest BCUT2D eigenvalue weighted by Crippen LogP contribution is -1.95. The summed E-state index contributed by atoms with van der Waals surface area (Å²) in [7, 11) is 0. The van der Waals surface area contributed by atoms with Gasteiger partial charge in [0.1, 0.15) is 12.4 Å². The highest BCUT2D eigenvalue weighted by Crippen LogP contribution is 2.16. The molecule has 0 aliphatic rings. The van der Waals surface area contributed by atoms with Crippen LogP contribution in [-0.4, -0.2) is 11.1 Å². The molecule has 0 saturated heterocycles. The predicted molar refractivity (Wildman–Crippen MR) is 86.6 cm³/mol. The fraction of sp³-hybridized carbons (Fsp3) is 0.0625. The first-order valence-corrected chi connectivity index (χ1v) is 7.10. The van der Waals surface area contributed by atoms with Crippen molar-refractivity contribution in [2.24, 2.45) is 0 Å². The van der Waals surface area contributed by atoms with Crippen LogP contribution in [-0.2, 0) is 11.4 Å². The number of carbonyl (C=O) groups is 1. The first-order valence-electron chi connectivity index (χ1n) is 6.02. The van der Waals surface area contributed by atoms with Crippen molar-refractivity contribution in [1.82, 2.24) is 0 Å². The van der Waals surface area contributed by atoms with E-state index in [-0.39, 0.29) is 0 Å². The second kappa shape index (κ2) is 7.09. The van der Waals surface area contributed by atoms with E-state index in [4.69, 9.17) is 9.84 Å². The van der Waals surface area contributed by atoms with Gasteiger partial charge in [0.15, 0.2) is 0 Å². The van der Waals surface area contributed by atoms with Crippen molar-refractivity contribution in [3.8, 4) is 5.75 Å². The minimum absolute atomic E-state index is 0.489. The molecule has 2 rings (SSSR count). The molecule has 0 saturated carbocycles. The quantitative estimate of drug-likeness (QED) is 0.631. The van der Waals surface area contributed by atoms with Gasteiger partial charge in [-0.2, -0.15) is 0 Å². The number of benzene rings is 2. The molecule has 1 N–H and O–H groups in total. The normalized spacial score (nSPS) is 10.7. The number of ether oxygens (including phenoxy) is 1. The van der Waals surface area contributed by atoms with E-state index < -0.39 is 5.97 Å². The van der Waals surface area contributed by atoms with E-state index in [0.29, 0.717) is 6.61 Å². The van der Waals surface area contributed by atoms with Crippen molar-refractivity contribution in [1.29, 1.82) is 0 Å². The summed E-state index contributed by atoms with van der Waals surface area (Å²) >= 11 is 2.26. The molecule has 0 spiro atoms. The third kappa shape index (κ3) is 4.70. The highest BCUT2D eigenvalue weighted by atomic mass is 127. The summed E-state index contributed by atoms with van der Waals surface area (Å²) in [6.45, 7) is 0.489. The monoisotopic (exact) mass is 380 g/mol. The van der Waals surface area contributed by atoms with E-state index in [2.05, 4.69) is 22.6 Å². The van der Waals surface area contributed by atoms with E-state index in [9.17, 15) is 4.79 Å². The third-order valence-electron chi connectivity index (χ3n) is 2.60. The van der Waals surface area contributed by atoms with Gasteiger partial charge in [0.05, 0.1) is 0 Å². The molecule has 0 atom stereocenters. The van der Waals surface area contributed by atoms with E-state index >= 15 is 0 Å². The average molecular weight is 380 g/mol. The number of halogens is 1. The fourth-order valence-corrected chi connectivity index (χ4v) is 1.98. The average Bonchev–Trinajstić information content (AvgIpc) is 2.45. The van der Waals surface area contributed by atoms with Crippen LogP contribution >= 0.6 is 22.6 Å². The standard InChI is InChI=1S/C16H13IO3/c17-14-7-4-13(5-8-14)11-20-15-3-1-2-12(10-15)6-9-16(18)19/h1-10H,11H2,(H,18,19). The Morgan fingerprint density at radius 3 is 2.65 bits per heavy atom. The van der Waals surface area contributed by atoms with Crippen LogP contribution < -0.4 is 4.74 Å². The molecule has 0 amide bonds. The molecule has 2 aromatic carbocycles. The zero-order valence-corrected chi connectivity index (χ0v) is 12.8. The van der Waals surface area contributed by atoms with Gasteiger partial charge in [0.25, 0.3) is 0 Å². The maximum absolute atomic E-state index is 10.5. The molecule has 0 aliphatic carbocycles. The van der Waals surface area contributed by atoms with Crippen LogP contribution in [0.5, 0.6) is 5.75 Å². The molecular weight excluding hydrogens is 367 g/mol. The van der Waals surface area contributed by atoms with Crippen molar-refractivity contribution < 1.29 is 14.6 Å².